The number of carbonyl (C=O) groups excluding carboxylic acids is 2. The van der Waals surface area contributed by atoms with E-state index in [0.29, 0.717) is 48.2 Å². The average Bonchev–Trinajstić information content (AvgIpc) is 3.73. The molecule has 0 spiro atoms. The maximum absolute atomic E-state index is 13.8. The van der Waals surface area contributed by atoms with E-state index in [1.807, 2.05) is 49.4 Å². The van der Waals surface area contributed by atoms with E-state index in [-0.39, 0.29) is 23.7 Å². The molecule has 3 aromatic carbocycles. The van der Waals surface area contributed by atoms with Crippen LogP contribution in [-0.2, 0) is 27.7 Å². The average molecular weight is 637 g/mol. The lowest BCUT2D eigenvalue weighted by atomic mass is 10.0. The van der Waals surface area contributed by atoms with Gasteiger partial charge in [0.2, 0.25) is 15.9 Å². The van der Waals surface area contributed by atoms with Crippen LogP contribution in [0, 0.1) is 17.7 Å². The highest BCUT2D eigenvalue weighted by Crippen LogP contribution is 2.41. The Bertz CT molecular complexity index is 1550. The molecule has 8 nitrogen and oxygen atoms in total. The molecular weight excluding hydrogens is 591 g/mol. The van der Waals surface area contributed by atoms with Crippen LogP contribution in [0.1, 0.15) is 61.0 Å². The topological polar surface area (TPSA) is 108 Å². The third kappa shape index (κ3) is 10.4. The number of benzene rings is 3. The van der Waals surface area contributed by atoms with Crippen LogP contribution in [0.2, 0.25) is 0 Å². The number of halogens is 1. The molecule has 242 valence electrons. The van der Waals surface area contributed by atoms with Gasteiger partial charge in [-0.2, -0.15) is 0 Å². The molecule has 3 N–H and O–H groups in total. The maximum atomic E-state index is 13.8. The lowest BCUT2D eigenvalue weighted by molar-refractivity contribution is -0.118. The Morgan fingerprint density at radius 1 is 1.02 bits per heavy atom. The molecule has 0 aromatic heterocycles. The number of sulfonamides is 1. The largest absolute Gasteiger partial charge is 0.348 e. The van der Waals surface area contributed by atoms with Crippen LogP contribution in [-0.4, -0.2) is 52.2 Å². The lowest BCUT2D eigenvalue weighted by Crippen LogP contribution is -2.49. The fourth-order valence-electron chi connectivity index (χ4n) is 5.48. The van der Waals surface area contributed by atoms with E-state index in [4.69, 9.17) is 0 Å². The Balaban J connectivity index is 1.53. The predicted octanol–water partition coefficient (Wildman–Crippen LogP) is 5.55. The summed E-state index contributed by atoms with van der Waals surface area (Å²) in [5, 5.41) is 9.34. The van der Waals surface area contributed by atoms with Crippen molar-refractivity contribution < 1.29 is 22.4 Å². The van der Waals surface area contributed by atoms with Gasteiger partial charge < -0.3 is 16.0 Å². The van der Waals surface area contributed by atoms with Crippen LogP contribution in [0.3, 0.4) is 0 Å². The van der Waals surface area contributed by atoms with Crippen molar-refractivity contribution >= 4 is 33.2 Å². The molecular formula is C35H45FN4O4S. The maximum Gasteiger partial charge on any atom is 0.251 e. The molecule has 2 amide bonds. The molecule has 1 aliphatic carbocycles. The van der Waals surface area contributed by atoms with Gasteiger partial charge in [-0.05, 0) is 97.5 Å². The molecule has 0 aliphatic heterocycles. The fraction of sp³-hybridized carbons (Fsp3) is 0.429. The normalized spacial score (nSPS) is 17.3. The van der Waals surface area contributed by atoms with Crippen LogP contribution in [0.15, 0.2) is 72.8 Å². The third-order valence-corrected chi connectivity index (χ3v) is 9.66. The lowest BCUT2D eigenvalue weighted by Gasteiger charge is -2.24. The Hall–Kier alpha value is -3.76. The first-order chi connectivity index (χ1) is 21.4. The van der Waals surface area contributed by atoms with Gasteiger partial charge in [-0.1, -0.05) is 50.6 Å². The first kappa shape index (κ1) is 34.1. The molecule has 0 heterocycles. The number of nitrogens with one attached hydrogen (secondary N) is 3. The summed E-state index contributed by atoms with van der Waals surface area (Å²) in [4.78, 5) is 26.9. The number of anilines is 2. The van der Waals surface area contributed by atoms with Gasteiger partial charge in [0, 0.05) is 30.9 Å². The van der Waals surface area contributed by atoms with Crippen molar-refractivity contribution in [1.29, 1.82) is 0 Å². The number of aryl methyl sites for hydroxylation is 1. The van der Waals surface area contributed by atoms with Crippen molar-refractivity contribution in [3.8, 4) is 0 Å². The van der Waals surface area contributed by atoms with Gasteiger partial charge in [0.25, 0.3) is 5.91 Å². The second kappa shape index (κ2) is 15.5. The number of carbonyl (C=O) groups is 2. The standard InChI is InChI=1S/C35H45FN4O4S/c1-5-9-33(35(42)38-30-16-14-29(36)15-17-30)37-23-31(20-25-10-7-6-8-11-25)39-34(41)28-19-26(12-13-27-18-24(27)2)21-32(22-28)40(3)45(4,43)44/h6-8,10-11,14-17,19,21-22,24,27,31,33,37H,5,9,12-13,18,20,23H2,1-4H3,(H,38,42)(H,39,41)/t24-,27-,31-,33-/m0/s1. The molecule has 0 saturated heterocycles. The Labute approximate surface area is 266 Å². The van der Waals surface area contributed by atoms with Crippen molar-refractivity contribution in [2.45, 2.75) is 64.5 Å². The molecule has 4 atom stereocenters. The quantitative estimate of drug-likeness (QED) is 0.191. The highest BCUT2D eigenvalue weighted by Gasteiger charge is 2.31. The Morgan fingerprint density at radius 3 is 2.33 bits per heavy atom. The number of nitrogens with zero attached hydrogens (tertiary/aromatic N) is 1. The monoisotopic (exact) mass is 636 g/mol. The van der Waals surface area contributed by atoms with E-state index >= 15 is 0 Å². The summed E-state index contributed by atoms with van der Waals surface area (Å²) in [5.41, 5.74) is 3.29. The molecule has 4 rings (SSSR count). The van der Waals surface area contributed by atoms with E-state index in [2.05, 4.69) is 22.9 Å². The Kier molecular flexibility index (Phi) is 11.7. The number of hydrogen-bond donors (Lipinski definition) is 3. The minimum Gasteiger partial charge on any atom is -0.348 e. The van der Waals surface area contributed by atoms with E-state index < -0.39 is 16.1 Å². The summed E-state index contributed by atoms with van der Waals surface area (Å²) >= 11 is 0. The van der Waals surface area contributed by atoms with Crippen molar-refractivity contribution in [2.75, 3.05) is 29.5 Å². The molecule has 0 bridgehead atoms. The van der Waals surface area contributed by atoms with E-state index in [1.165, 1.54) is 42.0 Å². The fourth-order valence-corrected chi connectivity index (χ4v) is 5.97. The molecule has 45 heavy (non-hydrogen) atoms. The molecule has 3 aromatic rings. The van der Waals surface area contributed by atoms with E-state index in [0.717, 1.165) is 36.6 Å². The first-order valence-electron chi connectivity index (χ1n) is 15.7. The summed E-state index contributed by atoms with van der Waals surface area (Å²) in [6.07, 6.45) is 5.95. The third-order valence-electron chi connectivity index (χ3n) is 8.46. The van der Waals surface area contributed by atoms with Crippen molar-refractivity contribution in [1.82, 2.24) is 10.6 Å². The van der Waals surface area contributed by atoms with Gasteiger partial charge in [-0.25, -0.2) is 12.8 Å². The van der Waals surface area contributed by atoms with Crippen molar-refractivity contribution in [3.05, 3.63) is 95.3 Å². The highest BCUT2D eigenvalue weighted by molar-refractivity contribution is 7.92. The molecule has 1 saturated carbocycles. The zero-order valence-electron chi connectivity index (χ0n) is 26.6. The molecule has 1 aliphatic rings. The first-order valence-corrected chi connectivity index (χ1v) is 17.5. The molecule has 1 fully saturated rings. The summed E-state index contributed by atoms with van der Waals surface area (Å²) in [5.74, 6) is 0.435. The smallest absolute Gasteiger partial charge is 0.251 e. The molecule has 10 heteroatoms. The Morgan fingerprint density at radius 2 is 1.71 bits per heavy atom. The molecule has 0 radical (unpaired) electrons. The zero-order valence-corrected chi connectivity index (χ0v) is 27.4. The van der Waals surface area contributed by atoms with E-state index in [9.17, 15) is 22.4 Å². The van der Waals surface area contributed by atoms with Crippen LogP contribution < -0.4 is 20.3 Å². The van der Waals surface area contributed by atoms with Crippen LogP contribution >= 0.6 is 0 Å². The van der Waals surface area contributed by atoms with Gasteiger partial charge in [0.05, 0.1) is 18.0 Å². The minimum atomic E-state index is -3.53. The van der Waals surface area contributed by atoms with Crippen LogP contribution in [0.25, 0.3) is 0 Å². The second-order valence-electron chi connectivity index (χ2n) is 12.2. The van der Waals surface area contributed by atoms with Gasteiger partial charge in [0.15, 0.2) is 0 Å². The summed E-state index contributed by atoms with van der Waals surface area (Å²) < 4.78 is 39.3. The summed E-state index contributed by atoms with van der Waals surface area (Å²) in [7, 11) is -2.04. The van der Waals surface area contributed by atoms with Crippen molar-refractivity contribution in [2.24, 2.45) is 11.8 Å². The summed E-state index contributed by atoms with van der Waals surface area (Å²) in [6.45, 7) is 4.54. The SMILES string of the molecule is CCC[C@H](NC[C@H](Cc1ccccc1)NC(=O)c1cc(CC[C@H]2C[C@@H]2C)cc(N(C)S(C)(=O)=O)c1)C(=O)Nc1ccc(F)cc1. The predicted molar refractivity (Wildman–Crippen MR) is 178 cm³/mol. The van der Waals surface area contributed by atoms with E-state index in [1.54, 1.807) is 6.07 Å². The molecule has 0 unspecified atom stereocenters. The minimum absolute atomic E-state index is 0.237. The highest BCUT2D eigenvalue weighted by atomic mass is 32.2. The van der Waals surface area contributed by atoms with Gasteiger partial charge in [-0.15, -0.1) is 0 Å². The zero-order chi connectivity index (χ0) is 32.6. The number of amides is 2. The number of hydrogen-bond acceptors (Lipinski definition) is 5. The number of rotatable bonds is 16. The van der Waals surface area contributed by atoms with Gasteiger partial charge in [-0.3, -0.25) is 13.9 Å². The van der Waals surface area contributed by atoms with Crippen LogP contribution in [0.4, 0.5) is 15.8 Å². The summed E-state index contributed by atoms with van der Waals surface area (Å²) in [6, 6.07) is 19.8. The van der Waals surface area contributed by atoms with Gasteiger partial charge in [0.1, 0.15) is 5.82 Å². The second-order valence-corrected chi connectivity index (χ2v) is 14.2. The van der Waals surface area contributed by atoms with Crippen molar-refractivity contribution in [3.63, 3.8) is 0 Å². The van der Waals surface area contributed by atoms with Crippen LogP contribution in [0.5, 0.6) is 0 Å². The van der Waals surface area contributed by atoms with Gasteiger partial charge >= 0.3 is 0 Å².